The van der Waals surface area contributed by atoms with Crippen LogP contribution in [-0.2, 0) is 7.05 Å². The predicted octanol–water partition coefficient (Wildman–Crippen LogP) is 0.775. The van der Waals surface area contributed by atoms with Gasteiger partial charge in [0.25, 0.3) is 5.56 Å². The van der Waals surface area contributed by atoms with Gasteiger partial charge in [0.1, 0.15) is 5.69 Å². The number of aromatic nitrogens is 3. The molecule has 0 atom stereocenters. The number of carbonyl (C=O) groups excluding carboxylic acids is 1. The van der Waals surface area contributed by atoms with E-state index in [-0.39, 0.29) is 11.6 Å². The highest BCUT2D eigenvalue weighted by Crippen LogP contribution is 2.18. The molecule has 0 aliphatic carbocycles. The second kappa shape index (κ2) is 4.22. The Kier molecular flexibility index (Phi) is 2.63. The second-order valence-electron chi connectivity index (χ2n) is 4.87. The van der Waals surface area contributed by atoms with Gasteiger partial charge in [-0.25, -0.2) is 9.78 Å². The number of amides is 2. The van der Waals surface area contributed by atoms with Crippen LogP contribution in [0.5, 0.6) is 0 Å². The quantitative estimate of drug-likeness (QED) is 0.834. The highest BCUT2D eigenvalue weighted by atomic mass is 16.2. The van der Waals surface area contributed by atoms with Gasteiger partial charge in [-0.05, 0) is 6.92 Å². The smallest absolute Gasteiger partial charge is 0.320 e. The van der Waals surface area contributed by atoms with Crippen LogP contribution in [0.4, 0.5) is 10.5 Å². The first-order valence-corrected chi connectivity index (χ1v) is 6.29. The van der Waals surface area contributed by atoms with Crippen molar-refractivity contribution in [3.63, 3.8) is 0 Å². The van der Waals surface area contributed by atoms with Crippen molar-refractivity contribution in [2.24, 2.45) is 7.05 Å². The number of hydrogen-bond donors (Lipinski definition) is 1. The average Bonchev–Trinajstić information content (AvgIpc) is 2.74. The molecule has 3 rings (SSSR count). The van der Waals surface area contributed by atoms with Gasteiger partial charge in [-0.15, -0.1) is 0 Å². The molecule has 1 fully saturated rings. The normalized spacial score (nSPS) is 15.8. The molecule has 2 aromatic rings. The average molecular weight is 273 g/mol. The van der Waals surface area contributed by atoms with E-state index in [2.05, 4.69) is 16.9 Å². The minimum absolute atomic E-state index is 0.240. The van der Waals surface area contributed by atoms with Gasteiger partial charge in [0, 0.05) is 38.1 Å². The molecule has 2 aromatic heterocycles. The van der Waals surface area contributed by atoms with E-state index >= 15 is 0 Å². The summed E-state index contributed by atoms with van der Waals surface area (Å²) in [5.41, 5.74) is 1.28. The predicted molar refractivity (Wildman–Crippen MR) is 74.8 cm³/mol. The number of hydrogen-bond acceptors (Lipinski definition) is 3. The molecule has 104 valence electrons. The summed E-state index contributed by atoms with van der Waals surface area (Å²) in [5.74, 6) is 0.554. The SMILES string of the molecule is C=C1CCN(c2c(C)nc3n(C)ccn3c2=O)C(=O)N1. The van der Waals surface area contributed by atoms with Crippen molar-refractivity contribution >= 4 is 17.5 Å². The molecule has 7 nitrogen and oxygen atoms in total. The third-order valence-corrected chi connectivity index (χ3v) is 3.44. The van der Waals surface area contributed by atoms with Crippen LogP contribution in [0.15, 0.2) is 29.5 Å². The first kappa shape index (κ1) is 12.5. The van der Waals surface area contributed by atoms with Gasteiger partial charge >= 0.3 is 6.03 Å². The van der Waals surface area contributed by atoms with Gasteiger partial charge in [0.2, 0.25) is 5.78 Å². The Bertz CT molecular complexity index is 786. The Morgan fingerprint density at radius 3 is 2.80 bits per heavy atom. The highest BCUT2D eigenvalue weighted by Gasteiger charge is 2.26. The molecule has 1 N–H and O–H groups in total. The van der Waals surface area contributed by atoms with E-state index in [9.17, 15) is 9.59 Å². The lowest BCUT2D eigenvalue weighted by Gasteiger charge is -2.28. The van der Waals surface area contributed by atoms with Crippen LogP contribution >= 0.6 is 0 Å². The molecule has 1 aliphatic heterocycles. The van der Waals surface area contributed by atoms with Crippen molar-refractivity contribution in [1.82, 2.24) is 19.3 Å². The van der Waals surface area contributed by atoms with Crippen LogP contribution in [0.3, 0.4) is 0 Å². The molecule has 0 bridgehead atoms. The van der Waals surface area contributed by atoms with Crippen molar-refractivity contribution < 1.29 is 4.79 Å². The minimum Gasteiger partial charge on any atom is -0.320 e. The summed E-state index contributed by atoms with van der Waals surface area (Å²) >= 11 is 0. The first-order chi connectivity index (χ1) is 9.49. The summed E-state index contributed by atoms with van der Waals surface area (Å²) in [5, 5.41) is 2.65. The van der Waals surface area contributed by atoms with Crippen LogP contribution in [0, 0.1) is 6.92 Å². The number of nitrogens with one attached hydrogen (secondary N) is 1. The van der Waals surface area contributed by atoms with E-state index in [1.54, 1.807) is 23.9 Å². The van der Waals surface area contributed by atoms with E-state index in [0.29, 0.717) is 35.8 Å². The summed E-state index contributed by atoms with van der Waals surface area (Å²) in [6.07, 6.45) is 4.02. The van der Waals surface area contributed by atoms with Gasteiger partial charge in [-0.3, -0.25) is 14.1 Å². The Balaban J connectivity index is 2.19. The first-order valence-electron chi connectivity index (χ1n) is 6.29. The maximum Gasteiger partial charge on any atom is 0.326 e. The second-order valence-corrected chi connectivity index (χ2v) is 4.87. The molecule has 0 spiro atoms. The third-order valence-electron chi connectivity index (χ3n) is 3.44. The fraction of sp³-hybridized carbons (Fsp3) is 0.308. The molecule has 0 radical (unpaired) electrons. The third kappa shape index (κ3) is 1.70. The van der Waals surface area contributed by atoms with Gasteiger partial charge in [-0.2, -0.15) is 0 Å². The van der Waals surface area contributed by atoms with E-state index in [1.165, 1.54) is 9.30 Å². The lowest BCUT2D eigenvalue weighted by Crippen LogP contribution is -2.47. The van der Waals surface area contributed by atoms with Crippen LogP contribution in [0.1, 0.15) is 12.1 Å². The minimum atomic E-state index is -0.334. The molecule has 1 aliphatic rings. The number of imidazole rings is 1. The Labute approximate surface area is 115 Å². The molecular weight excluding hydrogens is 258 g/mol. The monoisotopic (exact) mass is 273 g/mol. The summed E-state index contributed by atoms with van der Waals surface area (Å²) in [7, 11) is 1.82. The van der Waals surface area contributed by atoms with E-state index in [4.69, 9.17) is 0 Å². The zero-order valence-corrected chi connectivity index (χ0v) is 11.4. The van der Waals surface area contributed by atoms with Crippen molar-refractivity contribution in [2.75, 3.05) is 11.4 Å². The number of rotatable bonds is 1. The maximum atomic E-state index is 12.6. The van der Waals surface area contributed by atoms with Crippen molar-refractivity contribution in [3.05, 3.63) is 40.7 Å². The van der Waals surface area contributed by atoms with Gasteiger partial charge < -0.3 is 9.88 Å². The number of anilines is 1. The summed E-state index contributed by atoms with van der Waals surface area (Å²) in [4.78, 5) is 30.4. The Morgan fingerprint density at radius 1 is 1.35 bits per heavy atom. The number of nitrogens with zero attached hydrogens (tertiary/aromatic N) is 4. The standard InChI is InChI=1S/C13H15N5O2/c1-8-4-5-17(13(20)14-8)10-9(2)15-12-16(3)6-7-18(12)11(10)19/h6-7H,1,4-5H2,2-3H3,(H,14,20). The number of fused-ring (bicyclic) bond motifs is 1. The number of carbonyl (C=O) groups is 1. The molecule has 20 heavy (non-hydrogen) atoms. The van der Waals surface area contributed by atoms with E-state index < -0.39 is 0 Å². The largest absolute Gasteiger partial charge is 0.326 e. The maximum absolute atomic E-state index is 12.6. The van der Waals surface area contributed by atoms with Gasteiger partial charge in [-0.1, -0.05) is 6.58 Å². The molecular formula is C13H15N5O2. The van der Waals surface area contributed by atoms with Crippen LogP contribution in [0.2, 0.25) is 0 Å². The fourth-order valence-electron chi connectivity index (χ4n) is 2.39. The zero-order chi connectivity index (χ0) is 14.4. The fourth-order valence-corrected chi connectivity index (χ4v) is 2.39. The summed E-state index contributed by atoms with van der Waals surface area (Å²) < 4.78 is 3.20. The molecule has 3 heterocycles. The summed E-state index contributed by atoms with van der Waals surface area (Å²) in [6.45, 7) is 5.90. The van der Waals surface area contributed by atoms with Crippen LogP contribution in [0.25, 0.3) is 5.78 Å². The van der Waals surface area contributed by atoms with Crippen molar-refractivity contribution in [1.29, 1.82) is 0 Å². The lowest BCUT2D eigenvalue weighted by atomic mass is 10.2. The highest BCUT2D eigenvalue weighted by molar-refractivity contribution is 5.94. The molecule has 1 saturated heterocycles. The van der Waals surface area contributed by atoms with E-state index in [1.807, 2.05) is 7.05 Å². The van der Waals surface area contributed by atoms with Gasteiger partial charge in [0.05, 0.1) is 5.69 Å². The lowest BCUT2D eigenvalue weighted by molar-refractivity contribution is 0.246. The molecule has 7 heteroatoms. The topological polar surface area (TPSA) is 71.6 Å². The number of aryl methyl sites for hydroxylation is 2. The Hall–Kier alpha value is -2.57. The van der Waals surface area contributed by atoms with Crippen LogP contribution in [-0.4, -0.2) is 26.5 Å². The van der Waals surface area contributed by atoms with Crippen molar-refractivity contribution in [2.45, 2.75) is 13.3 Å². The molecule has 0 saturated carbocycles. The van der Waals surface area contributed by atoms with E-state index in [0.717, 1.165) is 0 Å². The van der Waals surface area contributed by atoms with Crippen LogP contribution < -0.4 is 15.8 Å². The molecule has 0 unspecified atom stereocenters. The van der Waals surface area contributed by atoms with Crippen molar-refractivity contribution in [3.8, 4) is 0 Å². The molecule has 2 amide bonds. The number of urea groups is 1. The Morgan fingerprint density at radius 2 is 2.10 bits per heavy atom. The van der Waals surface area contributed by atoms with Gasteiger partial charge in [0.15, 0.2) is 0 Å². The zero-order valence-electron chi connectivity index (χ0n) is 11.4. The molecule has 0 aromatic carbocycles. The summed E-state index contributed by atoms with van der Waals surface area (Å²) in [6, 6.07) is -0.334.